The van der Waals surface area contributed by atoms with Gasteiger partial charge in [-0.25, -0.2) is 4.98 Å². The van der Waals surface area contributed by atoms with E-state index in [2.05, 4.69) is 24.5 Å². The first-order valence-electron chi connectivity index (χ1n) is 7.89. The molecular weight excluding hydrogens is 268 g/mol. The third kappa shape index (κ3) is 2.92. The molecular formula is C16H26N2OS. The molecule has 2 saturated carbocycles. The number of methoxy groups -OCH3 is 1. The highest BCUT2D eigenvalue weighted by molar-refractivity contribution is 7.09. The highest BCUT2D eigenvalue weighted by atomic mass is 32.1. The third-order valence-electron chi connectivity index (χ3n) is 4.62. The van der Waals surface area contributed by atoms with Gasteiger partial charge in [0, 0.05) is 18.5 Å². The van der Waals surface area contributed by atoms with E-state index in [4.69, 9.17) is 9.72 Å². The van der Waals surface area contributed by atoms with Crippen LogP contribution in [0, 0.1) is 0 Å². The number of thiazole rings is 1. The van der Waals surface area contributed by atoms with Crippen LogP contribution in [0.25, 0.3) is 0 Å². The molecule has 3 rings (SSSR count). The zero-order chi connectivity index (χ0) is 14.2. The summed E-state index contributed by atoms with van der Waals surface area (Å²) in [4.78, 5) is 4.96. The lowest BCUT2D eigenvalue weighted by molar-refractivity contribution is 0.0284. The van der Waals surface area contributed by atoms with Gasteiger partial charge in [0.2, 0.25) is 0 Å². The summed E-state index contributed by atoms with van der Waals surface area (Å²) in [6.45, 7) is 4.44. The van der Waals surface area contributed by atoms with Gasteiger partial charge in [-0.15, -0.1) is 11.3 Å². The van der Waals surface area contributed by atoms with Crippen LogP contribution in [0.15, 0.2) is 5.38 Å². The van der Waals surface area contributed by atoms with E-state index in [0.29, 0.717) is 18.1 Å². The summed E-state index contributed by atoms with van der Waals surface area (Å²) < 4.78 is 5.66. The second-order valence-electron chi connectivity index (χ2n) is 6.69. The topological polar surface area (TPSA) is 34.1 Å². The summed E-state index contributed by atoms with van der Waals surface area (Å²) in [5.74, 6) is 0.514. The van der Waals surface area contributed by atoms with Crippen LogP contribution in [0.2, 0.25) is 0 Å². The Hall–Kier alpha value is -0.450. The van der Waals surface area contributed by atoms with Crippen LogP contribution in [0.1, 0.15) is 69.0 Å². The van der Waals surface area contributed by atoms with Crippen molar-refractivity contribution < 1.29 is 4.74 Å². The van der Waals surface area contributed by atoms with Crippen molar-refractivity contribution in [2.45, 2.75) is 76.0 Å². The van der Waals surface area contributed by atoms with Crippen LogP contribution in [0.3, 0.4) is 0 Å². The fourth-order valence-electron chi connectivity index (χ4n) is 3.20. The van der Waals surface area contributed by atoms with Crippen LogP contribution in [-0.2, 0) is 10.3 Å². The van der Waals surface area contributed by atoms with E-state index in [1.807, 2.05) is 18.4 Å². The fourth-order valence-corrected chi connectivity index (χ4v) is 4.39. The van der Waals surface area contributed by atoms with E-state index in [9.17, 15) is 0 Å². The normalized spacial score (nSPS) is 30.9. The standard InChI is InChI=1S/C16H26N2OS/c1-11(2)14-10-20-15(17-14)16(18-12-6-7-12)8-4-5-13(9-16)19-3/h10-13,18H,4-9H2,1-3H3. The van der Waals surface area contributed by atoms with Crippen LogP contribution < -0.4 is 5.32 Å². The van der Waals surface area contributed by atoms with Gasteiger partial charge in [0.05, 0.1) is 17.3 Å². The molecule has 2 atom stereocenters. The van der Waals surface area contributed by atoms with Gasteiger partial charge in [-0.2, -0.15) is 0 Å². The summed E-state index contributed by atoms with van der Waals surface area (Å²) in [5, 5.41) is 7.44. The van der Waals surface area contributed by atoms with Crippen molar-refractivity contribution in [1.29, 1.82) is 0 Å². The minimum Gasteiger partial charge on any atom is -0.381 e. The highest BCUT2D eigenvalue weighted by Crippen LogP contribution is 2.42. The van der Waals surface area contributed by atoms with Gasteiger partial charge >= 0.3 is 0 Å². The molecule has 0 spiro atoms. The van der Waals surface area contributed by atoms with Crippen LogP contribution in [0.4, 0.5) is 0 Å². The molecule has 20 heavy (non-hydrogen) atoms. The molecule has 1 aromatic heterocycles. The van der Waals surface area contributed by atoms with E-state index in [1.165, 1.54) is 42.8 Å². The molecule has 4 heteroatoms. The number of ether oxygens (including phenoxy) is 1. The molecule has 1 aromatic rings. The molecule has 0 bridgehead atoms. The molecule has 1 heterocycles. The van der Waals surface area contributed by atoms with Crippen LogP contribution in [-0.4, -0.2) is 24.2 Å². The molecule has 1 N–H and O–H groups in total. The Morgan fingerprint density at radius 1 is 1.40 bits per heavy atom. The molecule has 0 aromatic carbocycles. The molecule has 0 aliphatic heterocycles. The van der Waals surface area contributed by atoms with Crippen molar-refractivity contribution in [2.75, 3.05) is 7.11 Å². The van der Waals surface area contributed by atoms with Crippen LogP contribution in [0.5, 0.6) is 0 Å². The van der Waals surface area contributed by atoms with E-state index in [1.54, 1.807) is 0 Å². The number of aromatic nitrogens is 1. The zero-order valence-corrected chi connectivity index (χ0v) is 13.6. The maximum Gasteiger partial charge on any atom is 0.113 e. The lowest BCUT2D eigenvalue weighted by atomic mass is 9.80. The summed E-state index contributed by atoms with van der Waals surface area (Å²) >= 11 is 1.84. The van der Waals surface area contributed by atoms with Crippen molar-refractivity contribution in [1.82, 2.24) is 10.3 Å². The Labute approximate surface area is 126 Å². The molecule has 0 amide bonds. The summed E-state index contributed by atoms with van der Waals surface area (Å²) in [6, 6.07) is 0.706. The minimum atomic E-state index is 0.0674. The first-order chi connectivity index (χ1) is 9.63. The minimum absolute atomic E-state index is 0.0674. The van der Waals surface area contributed by atoms with Crippen molar-refractivity contribution in [3.8, 4) is 0 Å². The van der Waals surface area contributed by atoms with E-state index in [-0.39, 0.29) is 5.54 Å². The number of hydrogen-bond donors (Lipinski definition) is 1. The molecule has 2 aliphatic carbocycles. The second-order valence-corrected chi connectivity index (χ2v) is 7.55. The van der Waals surface area contributed by atoms with Gasteiger partial charge in [0.15, 0.2) is 0 Å². The predicted octanol–water partition coefficient (Wildman–Crippen LogP) is 3.80. The lowest BCUT2D eigenvalue weighted by Gasteiger charge is -2.40. The molecule has 0 saturated heterocycles. The first-order valence-corrected chi connectivity index (χ1v) is 8.77. The number of rotatable bonds is 5. The Kier molecular flexibility index (Phi) is 4.16. The van der Waals surface area contributed by atoms with Gasteiger partial charge in [0.1, 0.15) is 5.01 Å². The highest BCUT2D eigenvalue weighted by Gasteiger charge is 2.43. The molecule has 0 radical (unpaired) electrons. The smallest absolute Gasteiger partial charge is 0.113 e. The zero-order valence-electron chi connectivity index (χ0n) is 12.8. The molecule has 112 valence electrons. The van der Waals surface area contributed by atoms with Gasteiger partial charge in [0.25, 0.3) is 0 Å². The van der Waals surface area contributed by atoms with E-state index in [0.717, 1.165) is 6.42 Å². The van der Waals surface area contributed by atoms with E-state index < -0.39 is 0 Å². The second kappa shape index (κ2) is 5.74. The number of nitrogens with one attached hydrogen (secondary N) is 1. The molecule has 2 fully saturated rings. The van der Waals surface area contributed by atoms with Crippen molar-refractivity contribution in [3.63, 3.8) is 0 Å². The van der Waals surface area contributed by atoms with Gasteiger partial charge in [-0.05, 0) is 44.4 Å². The van der Waals surface area contributed by atoms with Crippen molar-refractivity contribution >= 4 is 11.3 Å². The van der Waals surface area contributed by atoms with E-state index >= 15 is 0 Å². The first kappa shape index (κ1) is 14.5. The van der Waals surface area contributed by atoms with Gasteiger partial charge < -0.3 is 10.1 Å². The molecule has 2 unspecified atom stereocenters. The van der Waals surface area contributed by atoms with Crippen molar-refractivity contribution in [2.24, 2.45) is 0 Å². The number of nitrogens with zero attached hydrogens (tertiary/aromatic N) is 1. The summed E-state index contributed by atoms with van der Waals surface area (Å²) in [5.41, 5.74) is 1.30. The third-order valence-corrected chi connectivity index (χ3v) is 5.68. The SMILES string of the molecule is COC1CCCC(NC2CC2)(c2nc(C(C)C)cs2)C1. The maximum absolute atomic E-state index is 5.66. The number of hydrogen-bond acceptors (Lipinski definition) is 4. The average molecular weight is 294 g/mol. The maximum atomic E-state index is 5.66. The largest absolute Gasteiger partial charge is 0.381 e. The molecule has 3 nitrogen and oxygen atoms in total. The monoisotopic (exact) mass is 294 g/mol. The Bertz CT molecular complexity index is 455. The Balaban J connectivity index is 1.87. The molecule has 2 aliphatic rings. The fraction of sp³-hybridized carbons (Fsp3) is 0.812. The van der Waals surface area contributed by atoms with Gasteiger partial charge in [-0.1, -0.05) is 13.8 Å². The quantitative estimate of drug-likeness (QED) is 0.897. The Morgan fingerprint density at radius 2 is 2.20 bits per heavy atom. The Morgan fingerprint density at radius 3 is 2.80 bits per heavy atom. The summed E-state index contributed by atoms with van der Waals surface area (Å²) in [7, 11) is 1.85. The van der Waals surface area contributed by atoms with Gasteiger partial charge in [-0.3, -0.25) is 0 Å². The lowest BCUT2D eigenvalue weighted by Crippen LogP contribution is -2.48. The van der Waals surface area contributed by atoms with Crippen LogP contribution >= 0.6 is 11.3 Å². The van der Waals surface area contributed by atoms with Crippen molar-refractivity contribution in [3.05, 3.63) is 16.1 Å². The predicted molar refractivity (Wildman–Crippen MR) is 83.3 cm³/mol. The average Bonchev–Trinajstić information content (AvgIpc) is 3.09. The summed E-state index contributed by atoms with van der Waals surface area (Å²) in [6.07, 6.45) is 7.71.